The maximum absolute atomic E-state index is 5.52. The van der Waals surface area contributed by atoms with Crippen LogP contribution >= 0.6 is 11.8 Å². The molecule has 0 fully saturated rings. The van der Waals surface area contributed by atoms with Crippen LogP contribution in [0.25, 0.3) is 33.7 Å². The van der Waals surface area contributed by atoms with Gasteiger partial charge in [0, 0.05) is 17.1 Å². The van der Waals surface area contributed by atoms with Crippen molar-refractivity contribution in [1.29, 1.82) is 0 Å². The molecule has 0 amide bonds. The van der Waals surface area contributed by atoms with Crippen molar-refractivity contribution in [2.75, 3.05) is 6.26 Å². The summed E-state index contributed by atoms with van der Waals surface area (Å²) in [5.74, 6) is 0.691. The minimum atomic E-state index is 0.691. The molecule has 4 heterocycles. The van der Waals surface area contributed by atoms with Crippen LogP contribution in [-0.2, 0) is 0 Å². The Kier molecular flexibility index (Phi) is 3.12. The lowest BCUT2D eigenvalue weighted by Gasteiger charge is -2.07. The second kappa shape index (κ2) is 5.27. The summed E-state index contributed by atoms with van der Waals surface area (Å²) >= 11 is 1.50. The zero-order valence-electron chi connectivity index (χ0n) is 11.6. The van der Waals surface area contributed by atoms with E-state index in [1.165, 1.54) is 11.8 Å². The van der Waals surface area contributed by atoms with Gasteiger partial charge in [-0.05, 0) is 30.5 Å². The number of nitrogens with one attached hydrogen (secondary N) is 1. The smallest absolute Gasteiger partial charge is 0.187 e. The van der Waals surface area contributed by atoms with Gasteiger partial charge >= 0.3 is 0 Å². The minimum Gasteiger partial charge on any atom is -0.463 e. The van der Waals surface area contributed by atoms with Crippen molar-refractivity contribution in [3.63, 3.8) is 0 Å². The third-order valence-corrected chi connectivity index (χ3v) is 3.83. The number of fused-ring (bicyclic) bond motifs is 1. The van der Waals surface area contributed by atoms with E-state index < -0.39 is 0 Å². The molecule has 4 rings (SSSR count). The van der Waals surface area contributed by atoms with Crippen LogP contribution in [0.15, 0.2) is 52.5 Å². The Balaban J connectivity index is 2.00. The van der Waals surface area contributed by atoms with Gasteiger partial charge in [-0.25, -0.2) is 15.0 Å². The largest absolute Gasteiger partial charge is 0.463 e. The first-order valence-corrected chi connectivity index (χ1v) is 7.83. The first kappa shape index (κ1) is 13.0. The molecule has 0 saturated heterocycles. The van der Waals surface area contributed by atoms with Crippen molar-refractivity contribution in [3.05, 3.63) is 42.9 Å². The van der Waals surface area contributed by atoms with E-state index in [2.05, 4.69) is 25.1 Å². The molecule has 0 unspecified atom stereocenters. The van der Waals surface area contributed by atoms with E-state index in [4.69, 9.17) is 4.42 Å². The second-order valence-electron chi connectivity index (χ2n) is 4.60. The number of aromatic amines is 1. The molecular weight excluding hydrogens is 298 g/mol. The normalized spacial score (nSPS) is 11.1. The highest BCUT2D eigenvalue weighted by Gasteiger charge is 2.15. The molecule has 0 saturated carbocycles. The molecule has 108 valence electrons. The third kappa shape index (κ3) is 2.15. The number of hydrogen-bond donors (Lipinski definition) is 1. The van der Waals surface area contributed by atoms with Gasteiger partial charge in [0.25, 0.3) is 0 Å². The van der Waals surface area contributed by atoms with E-state index in [-0.39, 0.29) is 0 Å². The maximum atomic E-state index is 5.52. The Morgan fingerprint density at radius 3 is 3.00 bits per heavy atom. The summed E-state index contributed by atoms with van der Waals surface area (Å²) in [5, 5.41) is 8.56. The average Bonchev–Trinajstić information content (AvgIpc) is 3.24. The molecule has 4 aromatic rings. The number of aromatic nitrogens is 5. The summed E-state index contributed by atoms with van der Waals surface area (Å²) in [4.78, 5) is 13.4. The highest BCUT2D eigenvalue weighted by molar-refractivity contribution is 7.98. The predicted molar refractivity (Wildman–Crippen MR) is 84.4 cm³/mol. The minimum absolute atomic E-state index is 0.691. The monoisotopic (exact) mass is 309 g/mol. The van der Waals surface area contributed by atoms with Crippen LogP contribution in [0, 0.1) is 0 Å². The summed E-state index contributed by atoms with van der Waals surface area (Å²) in [6, 6.07) is 7.60. The second-order valence-corrected chi connectivity index (χ2v) is 5.37. The Hall–Kier alpha value is -2.67. The lowest BCUT2D eigenvalue weighted by Crippen LogP contribution is -1.94. The predicted octanol–water partition coefficient (Wildman–Crippen LogP) is 3.40. The van der Waals surface area contributed by atoms with E-state index in [1.807, 2.05) is 30.5 Å². The Bertz CT molecular complexity index is 932. The fourth-order valence-corrected chi connectivity index (χ4v) is 2.62. The first-order valence-electron chi connectivity index (χ1n) is 6.60. The van der Waals surface area contributed by atoms with Gasteiger partial charge in [-0.2, -0.15) is 5.10 Å². The van der Waals surface area contributed by atoms with Gasteiger partial charge in [0.2, 0.25) is 0 Å². The van der Waals surface area contributed by atoms with Crippen molar-refractivity contribution in [3.8, 4) is 22.7 Å². The van der Waals surface area contributed by atoms with E-state index in [9.17, 15) is 0 Å². The van der Waals surface area contributed by atoms with Crippen LogP contribution in [0.4, 0.5) is 0 Å². The molecule has 7 heteroatoms. The molecule has 22 heavy (non-hydrogen) atoms. The first-order chi connectivity index (χ1) is 10.8. The fourth-order valence-electron chi connectivity index (χ4n) is 2.27. The van der Waals surface area contributed by atoms with Crippen LogP contribution in [-0.4, -0.2) is 31.4 Å². The number of nitrogens with zero attached hydrogens (tertiary/aromatic N) is 4. The van der Waals surface area contributed by atoms with Crippen molar-refractivity contribution in [2.24, 2.45) is 0 Å². The molecule has 0 spiro atoms. The van der Waals surface area contributed by atoms with Crippen LogP contribution in [0.2, 0.25) is 0 Å². The molecular formula is C15H11N5OS. The van der Waals surface area contributed by atoms with E-state index in [0.29, 0.717) is 11.4 Å². The number of hydrogen-bond acceptors (Lipinski definition) is 6. The highest BCUT2D eigenvalue weighted by Crippen LogP contribution is 2.32. The Labute approximate surface area is 130 Å². The van der Waals surface area contributed by atoms with E-state index in [0.717, 1.165) is 27.5 Å². The molecule has 0 aliphatic carbocycles. The standard InChI is InChI=1S/C15H11N5OS/c1-22-15-16-5-4-11(18-15)10-7-9-8-17-20-14(9)19-13(10)12-3-2-6-21-12/h2-8H,1H3,(H,17,19,20). The molecule has 0 aliphatic rings. The van der Waals surface area contributed by atoms with Crippen LogP contribution < -0.4 is 0 Å². The molecule has 0 bridgehead atoms. The van der Waals surface area contributed by atoms with Gasteiger partial charge in [0.15, 0.2) is 16.6 Å². The quantitative estimate of drug-likeness (QED) is 0.461. The zero-order valence-corrected chi connectivity index (χ0v) is 12.5. The molecule has 4 aromatic heterocycles. The molecule has 0 aromatic carbocycles. The van der Waals surface area contributed by atoms with Gasteiger partial charge in [-0.15, -0.1) is 0 Å². The number of rotatable bonds is 3. The van der Waals surface area contributed by atoms with E-state index >= 15 is 0 Å². The van der Waals surface area contributed by atoms with Crippen LogP contribution in [0.3, 0.4) is 0 Å². The van der Waals surface area contributed by atoms with Crippen molar-refractivity contribution >= 4 is 22.8 Å². The molecule has 1 N–H and O–H groups in total. The maximum Gasteiger partial charge on any atom is 0.187 e. The summed E-state index contributed by atoms with van der Waals surface area (Å²) < 4.78 is 5.52. The van der Waals surface area contributed by atoms with Gasteiger partial charge < -0.3 is 4.42 Å². The van der Waals surface area contributed by atoms with Gasteiger partial charge in [0.1, 0.15) is 5.69 Å². The molecule has 0 aliphatic heterocycles. The number of H-pyrrole nitrogens is 1. The number of furan rings is 1. The lowest BCUT2D eigenvalue weighted by atomic mass is 10.1. The van der Waals surface area contributed by atoms with Gasteiger partial charge in [-0.3, -0.25) is 5.10 Å². The molecule has 6 nitrogen and oxygen atoms in total. The fraction of sp³-hybridized carbons (Fsp3) is 0.0667. The molecule has 0 radical (unpaired) electrons. The van der Waals surface area contributed by atoms with Crippen molar-refractivity contribution in [2.45, 2.75) is 5.16 Å². The third-order valence-electron chi connectivity index (χ3n) is 3.27. The van der Waals surface area contributed by atoms with Crippen LogP contribution in [0.1, 0.15) is 0 Å². The summed E-state index contributed by atoms with van der Waals surface area (Å²) in [7, 11) is 0. The van der Waals surface area contributed by atoms with Crippen molar-refractivity contribution in [1.82, 2.24) is 25.1 Å². The highest BCUT2D eigenvalue weighted by atomic mass is 32.2. The summed E-state index contributed by atoms with van der Waals surface area (Å²) in [5.41, 5.74) is 3.14. The summed E-state index contributed by atoms with van der Waals surface area (Å²) in [6.45, 7) is 0. The Morgan fingerprint density at radius 1 is 1.23 bits per heavy atom. The van der Waals surface area contributed by atoms with E-state index in [1.54, 1.807) is 18.7 Å². The lowest BCUT2D eigenvalue weighted by molar-refractivity contribution is 0.580. The van der Waals surface area contributed by atoms with Crippen LogP contribution in [0.5, 0.6) is 0 Å². The zero-order chi connectivity index (χ0) is 14.9. The Morgan fingerprint density at radius 2 is 2.18 bits per heavy atom. The average molecular weight is 309 g/mol. The SMILES string of the molecule is CSc1nccc(-c2cc3cn[nH]c3nc2-c2ccco2)n1. The number of thioether (sulfide) groups is 1. The van der Waals surface area contributed by atoms with Gasteiger partial charge in [0.05, 0.1) is 18.2 Å². The molecule has 0 atom stereocenters. The summed E-state index contributed by atoms with van der Waals surface area (Å²) in [6.07, 6.45) is 7.07. The van der Waals surface area contributed by atoms with Crippen molar-refractivity contribution < 1.29 is 4.42 Å². The van der Waals surface area contributed by atoms with Gasteiger partial charge in [-0.1, -0.05) is 11.8 Å². The number of pyridine rings is 1. The topological polar surface area (TPSA) is 80.5 Å².